The SMILES string of the molecule is c1ccc(N2C3CCCCC3C3CC4C(CC5CCCCC54)CC32)cc1.c1ccc2c(c1)c1ccccc1n2-c1ccc2[nH]c3ccc(-n4c5ccccc5c5ccccc54)cc3c2c1. The molecule has 4 saturated carbocycles. The topological polar surface area (TPSA) is 28.9 Å². The zero-order chi connectivity index (χ0) is 42.6. The predicted octanol–water partition coefficient (Wildman–Crippen LogP) is 15.8. The molecule has 0 bridgehead atoms. The number of fused-ring (bicyclic) bond motifs is 15. The van der Waals surface area contributed by atoms with Crippen LogP contribution in [-0.4, -0.2) is 26.2 Å². The van der Waals surface area contributed by atoms with Gasteiger partial charge in [-0.3, -0.25) is 0 Å². The molecule has 1 N–H and O–H groups in total. The predicted molar refractivity (Wildman–Crippen MR) is 273 cm³/mol. The fourth-order valence-corrected chi connectivity index (χ4v) is 15.1. The van der Waals surface area contributed by atoms with Gasteiger partial charge in [0.25, 0.3) is 0 Å². The van der Waals surface area contributed by atoms with Crippen LogP contribution < -0.4 is 4.90 Å². The summed E-state index contributed by atoms with van der Waals surface area (Å²) in [5.74, 6) is 6.36. The van der Waals surface area contributed by atoms with E-state index in [9.17, 15) is 0 Å². The third kappa shape index (κ3) is 5.94. The molecule has 4 aliphatic carbocycles. The van der Waals surface area contributed by atoms with Crippen molar-refractivity contribution in [3.05, 3.63) is 164 Å². The van der Waals surface area contributed by atoms with Gasteiger partial charge in [0.05, 0.1) is 22.1 Å². The molecule has 1 saturated heterocycles. The van der Waals surface area contributed by atoms with Crippen LogP contribution in [0.2, 0.25) is 0 Å². The van der Waals surface area contributed by atoms with Gasteiger partial charge < -0.3 is 19.0 Å². The first kappa shape index (κ1) is 38.1. The van der Waals surface area contributed by atoms with Crippen LogP contribution in [0.1, 0.15) is 70.6 Å². The van der Waals surface area contributed by atoms with Gasteiger partial charge in [-0.2, -0.15) is 0 Å². The van der Waals surface area contributed by atoms with Gasteiger partial charge in [-0.1, -0.05) is 123 Å². The van der Waals surface area contributed by atoms with Crippen molar-refractivity contribution in [3.8, 4) is 11.4 Å². The summed E-state index contributed by atoms with van der Waals surface area (Å²) in [6.45, 7) is 0. The molecule has 8 unspecified atom stereocenters. The third-order valence-corrected chi connectivity index (χ3v) is 17.7. The molecule has 0 amide bonds. The van der Waals surface area contributed by atoms with Crippen molar-refractivity contribution in [3.63, 3.8) is 0 Å². The van der Waals surface area contributed by atoms with Crippen LogP contribution >= 0.6 is 0 Å². The van der Waals surface area contributed by atoms with E-state index in [0.717, 1.165) is 58.6 Å². The molecule has 322 valence electrons. The Hall–Kier alpha value is -6.26. The number of aromatic amines is 1. The fourth-order valence-electron chi connectivity index (χ4n) is 15.1. The standard InChI is InChI=1S/C36H23N3.C25H35N/c1-5-13-33-25(9-1)26-10-2-6-14-34(26)38(33)23-17-19-31-29(21-23)30-22-24(18-20-32(30)37-31)39-35-15-7-3-11-27(35)28-12-4-8-16-36(28)39;1-2-9-19(10-3-1)26-24-13-7-6-12-21(24)23-16-22-18(15-25(23)26)14-17-8-4-5-11-20(17)22/h1-22,37H;1-3,9-10,17-18,20-25H,4-8,11-16H2. The van der Waals surface area contributed by atoms with Gasteiger partial charge in [0, 0.05) is 72.5 Å². The minimum atomic E-state index is 0.849. The molecule has 7 aromatic carbocycles. The number of rotatable bonds is 3. The van der Waals surface area contributed by atoms with Crippen LogP contribution in [0.25, 0.3) is 76.8 Å². The Morgan fingerprint density at radius 2 is 0.831 bits per heavy atom. The number of benzene rings is 7. The highest BCUT2D eigenvalue weighted by Crippen LogP contribution is 2.60. The Morgan fingerprint density at radius 3 is 1.40 bits per heavy atom. The van der Waals surface area contributed by atoms with Gasteiger partial charge in [-0.05, 0) is 147 Å². The van der Waals surface area contributed by atoms with Crippen LogP contribution in [0, 0.1) is 35.5 Å². The number of H-pyrrole nitrogens is 1. The normalized spacial score (nSPS) is 26.1. The molecule has 10 aromatic rings. The molecule has 4 nitrogen and oxygen atoms in total. The zero-order valence-electron chi connectivity index (χ0n) is 37.3. The molecule has 1 aliphatic heterocycles. The molecule has 3 aromatic heterocycles. The second kappa shape index (κ2) is 15.2. The first-order valence-electron chi connectivity index (χ1n) is 25.1. The lowest BCUT2D eigenvalue weighted by molar-refractivity contribution is 0.115. The van der Waals surface area contributed by atoms with Gasteiger partial charge in [-0.15, -0.1) is 0 Å². The van der Waals surface area contributed by atoms with E-state index in [4.69, 9.17) is 0 Å². The first-order valence-corrected chi connectivity index (χ1v) is 25.1. The summed E-state index contributed by atoms with van der Waals surface area (Å²) < 4.78 is 4.78. The maximum absolute atomic E-state index is 3.65. The average molecular weight is 847 g/mol. The van der Waals surface area contributed by atoms with Crippen LogP contribution in [0.15, 0.2) is 164 Å². The zero-order valence-corrected chi connectivity index (χ0v) is 37.3. The molecule has 0 radical (unpaired) electrons. The Kier molecular flexibility index (Phi) is 8.87. The van der Waals surface area contributed by atoms with Gasteiger partial charge >= 0.3 is 0 Å². The maximum atomic E-state index is 3.65. The van der Waals surface area contributed by atoms with Crippen molar-refractivity contribution in [1.82, 2.24) is 14.1 Å². The van der Waals surface area contributed by atoms with E-state index in [1.165, 1.54) is 116 Å². The fraction of sp³-hybridized carbons (Fsp3) is 0.311. The summed E-state index contributed by atoms with van der Waals surface area (Å²) in [7, 11) is 0. The van der Waals surface area contributed by atoms with E-state index in [1.54, 1.807) is 25.7 Å². The van der Waals surface area contributed by atoms with Crippen molar-refractivity contribution in [2.45, 2.75) is 82.7 Å². The second-order valence-corrected chi connectivity index (χ2v) is 20.7. The Balaban J connectivity index is 0.000000135. The van der Waals surface area contributed by atoms with E-state index in [1.807, 2.05) is 0 Å². The monoisotopic (exact) mass is 846 g/mol. The molecule has 5 fully saturated rings. The van der Waals surface area contributed by atoms with E-state index < -0.39 is 0 Å². The summed E-state index contributed by atoms with van der Waals surface area (Å²) in [5.41, 5.74) is 11.1. The minimum Gasteiger partial charge on any atom is -0.365 e. The molecule has 15 rings (SSSR count). The molecular weight excluding hydrogens is 789 g/mol. The van der Waals surface area contributed by atoms with Crippen LogP contribution in [-0.2, 0) is 0 Å². The van der Waals surface area contributed by atoms with Crippen LogP contribution in [0.5, 0.6) is 0 Å². The molecule has 4 heteroatoms. The van der Waals surface area contributed by atoms with Crippen molar-refractivity contribution >= 4 is 71.1 Å². The van der Waals surface area contributed by atoms with Crippen molar-refractivity contribution in [2.24, 2.45) is 35.5 Å². The highest BCUT2D eigenvalue weighted by Gasteiger charge is 2.57. The Bertz CT molecular complexity index is 3130. The van der Waals surface area contributed by atoms with Crippen molar-refractivity contribution in [2.75, 3.05) is 4.90 Å². The van der Waals surface area contributed by atoms with Crippen LogP contribution in [0.3, 0.4) is 0 Å². The summed E-state index contributed by atoms with van der Waals surface area (Å²) in [6, 6.07) is 61.5. The van der Waals surface area contributed by atoms with Gasteiger partial charge in [0.2, 0.25) is 0 Å². The Morgan fingerprint density at radius 1 is 0.338 bits per heavy atom. The number of para-hydroxylation sites is 5. The molecule has 0 spiro atoms. The maximum Gasteiger partial charge on any atom is 0.0541 e. The number of nitrogens with zero attached hydrogens (tertiary/aromatic N) is 3. The number of hydrogen-bond acceptors (Lipinski definition) is 1. The second-order valence-electron chi connectivity index (χ2n) is 20.7. The number of anilines is 1. The number of nitrogens with one attached hydrogen (secondary N) is 1. The quantitative estimate of drug-likeness (QED) is 0.189. The minimum absolute atomic E-state index is 0.849. The molecule has 5 aliphatic rings. The highest BCUT2D eigenvalue weighted by molar-refractivity contribution is 6.13. The molecule has 65 heavy (non-hydrogen) atoms. The van der Waals surface area contributed by atoms with Gasteiger partial charge in [0.1, 0.15) is 0 Å². The highest BCUT2D eigenvalue weighted by atomic mass is 15.2. The lowest BCUT2D eigenvalue weighted by atomic mass is 9.65. The molecule has 8 atom stereocenters. The van der Waals surface area contributed by atoms with E-state index in [2.05, 4.69) is 183 Å². The lowest BCUT2D eigenvalue weighted by Gasteiger charge is -2.42. The summed E-state index contributed by atoms with van der Waals surface area (Å²) in [6.07, 6.45) is 16.8. The van der Waals surface area contributed by atoms with Gasteiger partial charge in [-0.25, -0.2) is 0 Å². The van der Waals surface area contributed by atoms with Gasteiger partial charge in [0.15, 0.2) is 0 Å². The van der Waals surface area contributed by atoms with Crippen molar-refractivity contribution in [1.29, 1.82) is 0 Å². The van der Waals surface area contributed by atoms with E-state index in [-0.39, 0.29) is 0 Å². The molecular formula is C61H58N4. The van der Waals surface area contributed by atoms with E-state index in [0.29, 0.717) is 0 Å². The summed E-state index contributed by atoms with van der Waals surface area (Å²) in [4.78, 5) is 6.60. The largest absolute Gasteiger partial charge is 0.365 e. The lowest BCUT2D eigenvalue weighted by Crippen LogP contribution is -2.43. The number of hydrogen-bond donors (Lipinski definition) is 1. The third-order valence-electron chi connectivity index (χ3n) is 17.7. The molecule has 4 heterocycles. The average Bonchev–Trinajstić information content (AvgIpc) is 4.17. The van der Waals surface area contributed by atoms with Crippen LogP contribution in [0.4, 0.5) is 5.69 Å². The summed E-state index contributed by atoms with van der Waals surface area (Å²) >= 11 is 0. The summed E-state index contributed by atoms with van der Waals surface area (Å²) in [5, 5.41) is 7.57. The van der Waals surface area contributed by atoms with E-state index >= 15 is 0 Å². The Labute approximate surface area is 381 Å². The number of aromatic nitrogens is 3. The smallest absolute Gasteiger partial charge is 0.0541 e. The first-order chi connectivity index (χ1) is 32.2. The van der Waals surface area contributed by atoms with Crippen molar-refractivity contribution < 1.29 is 0 Å².